The topological polar surface area (TPSA) is 107 Å². The van der Waals surface area contributed by atoms with E-state index in [1.807, 2.05) is 0 Å². The molecular weight excluding hydrogens is 472 g/mol. The van der Waals surface area contributed by atoms with E-state index in [0.29, 0.717) is 0 Å². The summed E-state index contributed by atoms with van der Waals surface area (Å²) >= 11 is 0. The number of esters is 1. The maximum Gasteiger partial charge on any atom is 0.428 e. The molecule has 6 nitrogen and oxygen atoms in total. The predicted molar refractivity (Wildman–Crippen MR) is 117 cm³/mol. The monoisotopic (exact) mass is 491 g/mol. The molecule has 10 heteroatoms. The Morgan fingerprint density at radius 1 is 0.879 bits per heavy atom. The van der Waals surface area contributed by atoms with Crippen LogP contribution in [0, 0.1) is 11.3 Å². The van der Waals surface area contributed by atoms with Crippen molar-refractivity contribution in [2.24, 2.45) is 0 Å². The Morgan fingerprint density at radius 3 is 1.55 bits per heavy atom. The summed E-state index contributed by atoms with van der Waals surface area (Å²) in [7, 11) is -6.09. The van der Waals surface area contributed by atoms with Gasteiger partial charge in [-0.05, 0) is 36.4 Å². The molecule has 0 aromatic heterocycles. The lowest BCUT2D eigenvalue weighted by Crippen LogP contribution is -2.39. The second-order valence-electron chi connectivity index (χ2n) is 6.26. The molecule has 0 saturated heterocycles. The van der Waals surface area contributed by atoms with Crippen LogP contribution in [0.2, 0.25) is 0 Å². The maximum absolute atomic E-state index is 12.3. The van der Waals surface area contributed by atoms with Crippen molar-refractivity contribution in [1.82, 2.24) is 0 Å². The fourth-order valence-electron chi connectivity index (χ4n) is 2.45. The van der Waals surface area contributed by atoms with Crippen molar-refractivity contribution in [2.45, 2.75) is 26.4 Å². The average molecular weight is 492 g/mol. The number of alkyl halides is 2. The first kappa shape index (κ1) is 26.0. The molecule has 0 N–H and O–H groups in total. The predicted octanol–water partition coefficient (Wildman–Crippen LogP) is 4.36. The molecule has 0 aliphatic heterocycles. The van der Waals surface area contributed by atoms with Crippen molar-refractivity contribution in [3.63, 3.8) is 0 Å². The second kappa shape index (κ2) is 12.1. The number of carbonyl (C=O) groups is 1. The van der Waals surface area contributed by atoms with E-state index in [1.165, 1.54) is 20.8 Å². The number of ether oxygens (including phenoxy) is 1. The number of carbonyl (C=O) groups excluding carboxylic acids is 1. The number of hydrogen-bond acceptors (Lipinski definition) is 6. The number of hydrogen-bond donors (Lipinski definition) is 0. The summed E-state index contributed by atoms with van der Waals surface area (Å²) in [5, 5.41) is 2.82. The largest absolute Gasteiger partial charge is 0.743 e. The van der Waals surface area contributed by atoms with E-state index in [4.69, 9.17) is 5.26 Å². The van der Waals surface area contributed by atoms with Crippen LogP contribution < -0.4 is 0 Å². The fourth-order valence-corrected chi connectivity index (χ4v) is 4.82. The van der Waals surface area contributed by atoms with Crippen molar-refractivity contribution in [3.05, 3.63) is 91.0 Å². The van der Waals surface area contributed by atoms with Crippen LogP contribution in [0.5, 0.6) is 0 Å². The van der Waals surface area contributed by atoms with Gasteiger partial charge in [-0.3, -0.25) is 0 Å². The van der Waals surface area contributed by atoms with Gasteiger partial charge >= 0.3 is 11.2 Å². The maximum atomic E-state index is 12.3. The third-order valence-corrected chi connectivity index (χ3v) is 6.96. The summed E-state index contributed by atoms with van der Waals surface area (Å²) in [6, 6.07) is 33.6. The Hall–Kier alpha value is -3.26. The Labute approximate surface area is 193 Å². The van der Waals surface area contributed by atoms with Gasteiger partial charge in [0.1, 0.15) is 6.61 Å². The van der Waals surface area contributed by atoms with E-state index in [1.54, 1.807) is 0 Å². The van der Waals surface area contributed by atoms with E-state index in [0.717, 1.165) is 0 Å². The Kier molecular flexibility index (Phi) is 9.54. The van der Waals surface area contributed by atoms with Crippen LogP contribution >= 0.6 is 0 Å². The van der Waals surface area contributed by atoms with Crippen molar-refractivity contribution in [1.29, 1.82) is 5.26 Å². The Balaban J connectivity index is 0.000000248. The van der Waals surface area contributed by atoms with Gasteiger partial charge in [-0.2, -0.15) is 14.0 Å². The molecule has 0 bridgehead atoms. The van der Waals surface area contributed by atoms with Gasteiger partial charge in [0.2, 0.25) is 0 Å². The molecule has 0 radical (unpaired) electrons. The fraction of sp³-hybridized carbons (Fsp3) is 0.130. The van der Waals surface area contributed by atoms with Gasteiger partial charge in [0.15, 0.2) is 24.8 Å². The van der Waals surface area contributed by atoms with E-state index in [-0.39, 0.29) is 17.3 Å². The molecule has 0 saturated carbocycles. The lowest BCUT2D eigenvalue weighted by Gasteiger charge is -2.17. The third-order valence-electron chi connectivity index (χ3n) is 3.94. The van der Waals surface area contributed by atoms with Gasteiger partial charge in [-0.25, -0.2) is 13.2 Å². The van der Waals surface area contributed by atoms with Crippen molar-refractivity contribution in [3.8, 4) is 6.07 Å². The molecule has 0 aliphatic carbocycles. The lowest BCUT2D eigenvalue weighted by atomic mass is 10.4. The molecule has 0 spiro atoms. The van der Waals surface area contributed by atoms with E-state index >= 15 is 0 Å². The summed E-state index contributed by atoms with van der Waals surface area (Å²) in [6.45, 7) is -0.694. The van der Waals surface area contributed by atoms with Crippen LogP contribution in [-0.4, -0.2) is 30.8 Å². The van der Waals surface area contributed by atoms with Crippen molar-refractivity contribution >= 4 is 27.0 Å². The SMILES string of the molecule is N#CCCOC(=O)C(F)(F)S(=O)(=O)[O-].c1ccc([S+](c2ccccc2)c2ccccc2)cc1. The molecule has 0 aliphatic rings. The molecule has 3 rings (SSSR count). The minimum Gasteiger partial charge on any atom is -0.743 e. The molecule has 3 aromatic rings. The zero-order chi connectivity index (χ0) is 24.3. The van der Waals surface area contributed by atoms with Crippen molar-refractivity contribution in [2.75, 3.05) is 6.61 Å². The number of rotatable bonds is 7. The highest BCUT2D eigenvalue weighted by Gasteiger charge is 2.48. The zero-order valence-electron chi connectivity index (χ0n) is 17.1. The van der Waals surface area contributed by atoms with Crippen molar-refractivity contribution < 1.29 is 31.3 Å². The zero-order valence-corrected chi connectivity index (χ0v) is 18.8. The smallest absolute Gasteiger partial charge is 0.428 e. The molecule has 0 unspecified atom stereocenters. The second-order valence-corrected chi connectivity index (χ2v) is 9.71. The molecule has 3 aromatic carbocycles. The van der Waals surface area contributed by atoms with Crippen LogP contribution in [0.15, 0.2) is 106 Å². The first-order valence-corrected chi connectivity index (χ1v) is 12.1. The summed E-state index contributed by atoms with van der Waals surface area (Å²) in [4.78, 5) is 14.4. The van der Waals surface area contributed by atoms with Gasteiger partial charge in [-0.15, -0.1) is 0 Å². The Bertz CT molecular complexity index is 1080. The first-order chi connectivity index (χ1) is 15.7. The quantitative estimate of drug-likeness (QED) is 0.210. The highest BCUT2D eigenvalue weighted by Crippen LogP contribution is 2.30. The van der Waals surface area contributed by atoms with E-state index in [9.17, 15) is 26.5 Å². The summed E-state index contributed by atoms with van der Waals surface area (Å²) in [5.41, 5.74) is 0. The van der Waals surface area contributed by atoms with Crippen LogP contribution in [0.1, 0.15) is 6.42 Å². The van der Waals surface area contributed by atoms with Gasteiger partial charge < -0.3 is 9.29 Å². The Morgan fingerprint density at radius 2 is 1.24 bits per heavy atom. The summed E-state index contributed by atoms with van der Waals surface area (Å²) in [5.74, 6) is -2.47. The molecule has 33 heavy (non-hydrogen) atoms. The summed E-state index contributed by atoms with van der Waals surface area (Å²) < 4.78 is 57.8. The highest BCUT2D eigenvalue weighted by atomic mass is 32.2. The van der Waals surface area contributed by atoms with E-state index in [2.05, 4.69) is 95.7 Å². The molecule has 0 heterocycles. The van der Waals surface area contributed by atoms with Crippen LogP contribution in [0.25, 0.3) is 0 Å². The van der Waals surface area contributed by atoms with Crippen LogP contribution in [0.3, 0.4) is 0 Å². The first-order valence-electron chi connectivity index (χ1n) is 9.45. The van der Waals surface area contributed by atoms with Gasteiger partial charge in [-0.1, -0.05) is 54.6 Å². The molecule has 0 amide bonds. The highest BCUT2D eigenvalue weighted by molar-refractivity contribution is 7.97. The van der Waals surface area contributed by atoms with Gasteiger partial charge in [0, 0.05) is 0 Å². The van der Waals surface area contributed by atoms with Crippen LogP contribution in [0.4, 0.5) is 8.78 Å². The molecule has 172 valence electrons. The van der Waals surface area contributed by atoms with Gasteiger partial charge in [0.05, 0.1) is 23.4 Å². The minimum absolute atomic E-state index is 0.0146. The number of nitrogens with zero attached hydrogens (tertiary/aromatic N) is 1. The third kappa shape index (κ3) is 7.39. The lowest BCUT2D eigenvalue weighted by molar-refractivity contribution is -0.161. The molecule has 0 fully saturated rings. The van der Waals surface area contributed by atoms with Gasteiger partial charge in [0.25, 0.3) is 0 Å². The number of nitriles is 1. The standard InChI is InChI=1S/C18H15S.C5H5F2NO5S/c1-4-10-16(11-5-1)19(17-12-6-2-7-13-17)18-14-8-3-9-15-18;6-5(7,14(10,11)12)4(9)13-3-1-2-8/h1-15H;1,3H2,(H,10,11,12)/q+1;/p-1. The van der Waals surface area contributed by atoms with Crippen LogP contribution in [-0.2, 0) is 30.5 Å². The summed E-state index contributed by atoms with van der Waals surface area (Å²) in [6.07, 6.45) is -0.374. The van der Waals surface area contributed by atoms with E-state index < -0.39 is 27.9 Å². The minimum atomic E-state index is -6.08. The molecule has 0 atom stereocenters. The number of halogens is 2. The number of benzene rings is 3. The average Bonchev–Trinajstić information content (AvgIpc) is 2.81. The molecular formula is C23H19F2NO5S2. The normalized spacial score (nSPS) is 11.1.